The Hall–Kier alpha value is -1.79. The minimum atomic E-state index is 0.695. The quantitative estimate of drug-likeness (QED) is 0.827. The number of hydrogen-bond donors (Lipinski definition) is 0. The molecule has 0 unspecified atom stereocenters. The van der Waals surface area contributed by atoms with E-state index in [1.54, 1.807) is 11.8 Å². The van der Waals surface area contributed by atoms with Gasteiger partial charge in [-0.1, -0.05) is 17.8 Å². The van der Waals surface area contributed by atoms with Crippen molar-refractivity contribution in [1.29, 1.82) is 5.26 Å². The normalized spacial score (nSPS) is 13.1. The van der Waals surface area contributed by atoms with Crippen LogP contribution in [0.25, 0.3) is 0 Å². The summed E-state index contributed by atoms with van der Waals surface area (Å²) >= 11 is 1.67. The lowest BCUT2D eigenvalue weighted by Gasteiger charge is -2.09. The molecule has 2 aromatic rings. The minimum absolute atomic E-state index is 0.695. The molecule has 0 saturated heterocycles. The fourth-order valence-corrected chi connectivity index (χ4v) is 3.86. The van der Waals surface area contributed by atoms with Gasteiger partial charge in [0.25, 0.3) is 0 Å². The van der Waals surface area contributed by atoms with E-state index in [1.165, 1.54) is 35.3 Å². The minimum Gasteiger partial charge on any atom is -0.257 e. The van der Waals surface area contributed by atoms with Crippen molar-refractivity contribution in [3.8, 4) is 6.07 Å². The second-order valence-electron chi connectivity index (χ2n) is 5.22. The van der Waals surface area contributed by atoms with Crippen molar-refractivity contribution >= 4 is 11.8 Å². The second kappa shape index (κ2) is 5.30. The van der Waals surface area contributed by atoms with Gasteiger partial charge >= 0.3 is 0 Å². The predicted molar refractivity (Wildman–Crippen MR) is 81.0 cm³/mol. The van der Waals surface area contributed by atoms with Crippen molar-refractivity contribution in [2.24, 2.45) is 0 Å². The number of aromatic nitrogens is 1. The molecular formula is C17H16N2S. The fraction of sp³-hybridized carbons (Fsp3) is 0.294. The summed E-state index contributed by atoms with van der Waals surface area (Å²) < 4.78 is 0. The summed E-state index contributed by atoms with van der Waals surface area (Å²) in [7, 11) is 0. The number of aryl methyl sites for hydroxylation is 4. The van der Waals surface area contributed by atoms with Gasteiger partial charge in [0, 0.05) is 15.5 Å². The van der Waals surface area contributed by atoms with E-state index in [0.717, 1.165) is 16.3 Å². The van der Waals surface area contributed by atoms with Gasteiger partial charge in [-0.15, -0.1) is 0 Å². The third-order valence-corrected chi connectivity index (χ3v) is 4.73. The molecule has 1 aliphatic carbocycles. The monoisotopic (exact) mass is 280 g/mol. The van der Waals surface area contributed by atoms with Crippen LogP contribution in [0.5, 0.6) is 0 Å². The van der Waals surface area contributed by atoms with Crippen LogP contribution in [-0.4, -0.2) is 4.98 Å². The molecule has 0 fully saturated rings. The number of nitriles is 1. The number of pyridine rings is 1. The Balaban J connectivity index is 1.97. The Labute approximate surface area is 123 Å². The molecule has 0 bridgehead atoms. The van der Waals surface area contributed by atoms with Crippen LogP contribution < -0.4 is 0 Å². The summed E-state index contributed by atoms with van der Waals surface area (Å²) in [5.41, 5.74) is 5.43. The van der Waals surface area contributed by atoms with Crippen LogP contribution >= 0.6 is 11.8 Å². The first-order valence-corrected chi connectivity index (χ1v) is 7.67. The number of rotatable bonds is 2. The smallest absolute Gasteiger partial charge is 0.102 e. The first kappa shape index (κ1) is 13.2. The van der Waals surface area contributed by atoms with E-state index in [1.807, 2.05) is 19.9 Å². The SMILES string of the molecule is Cc1cc(Sc2ccc3c(c2)CCC3)c(C#N)c(C)n1. The molecule has 0 saturated carbocycles. The third-order valence-electron chi connectivity index (χ3n) is 3.70. The van der Waals surface area contributed by atoms with Crippen LogP contribution in [0, 0.1) is 25.2 Å². The van der Waals surface area contributed by atoms with Crippen LogP contribution in [-0.2, 0) is 12.8 Å². The maximum atomic E-state index is 9.32. The van der Waals surface area contributed by atoms with E-state index < -0.39 is 0 Å². The molecule has 0 radical (unpaired) electrons. The predicted octanol–water partition coefficient (Wildman–Crippen LogP) is 4.21. The topological polar surface area (TPSA) is 36.7 Å². The molecule has 0 aliphatic heterocycles. The maximum Gasteiger partial charge on any atom is 0.102 e. The van der Waals surface area contributed by atoms with Crippen molar-refractivity contribution < 1.29 is 0 Å². The molecule has 100 valence electrons. The highest BCUT2D eigenvalue weighted by Crippen LogP contribution is 2.34. The van der Waals surface area contributed by atoms with Crippen LogP contribution in [0.1, 0.15) is 34.5 Å². The summed E-state index contributed by atoms with van der Waals surface area (Å²) in [5, 5.41) is 9.32. The summed E-state index contributed by atoms with van der Waals surface area (Å²) in [6.07, 6.45) is 3.65. The molecule has 1 aromatic carbocycles. The Morgan fingerprint density at radius 3 is 2.75 bits per heavy atom. The first-order chi connectivity index (χ1) is 9.67. The molecule has 20 heavy (non-hydrogen) atoms. The Morgan fingerprint density at radius 2 is 1.95 bits per heavy atom. The second-order valence-corrected chi connectivity index (χ2v) is 6.34. The lowest BCUT2D eigenvalue weighted by atomic mass is 10.1. The molecule has 0 spiro atoms. The van der Waals surface area contributed by atoms with Crippen molar-refractivity contribution in [2.75, 3.05) is 0 Å². The Kier molecular flexibility index (Phi) is 3.50. The first-order valence-electron chi connectivity index (χ1n) is 6.85. The zero-order valence-electron chi connectivity index (χ0n) is 11.7. The molecule has 3 heteroatoms. The third kappa shape index (κ3) is 2.44. The molecule has 1 aromatic heterocycles. The summed E-state index contributed by atoms with van der Waals surface area (Å²) in [4.78, 5) is 6.59. The van der Waals surface area contributed by atoms with Gasteiger partial charge in [0.05, 0.1) is 11.3 Å². The van der Waals surface area contributed by atoms with Gasteiger partial charge < -0.3 is 0 Å². The van der Waals surface area contributed by atoms with Gasteiger partial charge in [-0.3, -0.25) is 4.98 Å². The average Bonchev–Trinajstić information content (AvgIpc) is 2.85. The number of fused-ring (bicyclic) bond motifs is 1. The standard InChI is InChI=1S/C17H16N2S/c1-11-8-17(16(10-18)12(2)19-11)20-15-7-6-13-4-3-5-14(13)9-15/h6-9H,3-5H2,1-2H3. The van der Waals surface area contributed by atoms with Gasteiger partial charge in [-0.2, -0.15) is 5.26 Å². The van der Waals surface area contributed by atoms with Crippen LogP contribution in [0.2, 0.25) is 0 Å². The molecular weight excluding hydrogens is 264 g/mol. The van der Waals surface area contributed by atoms with E-state index in [-0.39, 0.29) is 0 Å². The van der Waals surface area contributed by atoms with E-state index in [2.05, 4.69) is 29.3 Å². The van der Waals surface area contributed by atoms with Crippen molar-refractivity contribution in [2.45, 2.75) is 42.9 Å². The van der Waals surface area contributed by atoms with Gasteiger partial charge in [-0.05, 0) is 62.4 Å². The highest BCUT2D eigenvalue weighted by Gasteiger charge is 2.13. The van der Waals surface area contributed by atoms with E-state index >= 15 is 0 Å². The van der Waals surface area contributed by atoms with E-state index in [9.17, 15) is 5.26 Å². The maximum absolute atomic E-state index is 9.32. The van der Waals surface area contributed by atoms with Crippen LogP contribution in [0.4, 0.5) is 0 Å². The molecule has 1 aliphatic rings. The molecule has 0 N–H and O–H groups in total. The highest BCUT2D eigenvalue weighted by atomic mass is 32.2. The van der Waals surface area contributed by atoms with Gasteiger partial charge in [0.2, 0.25) is 0 Å². The van der Waals surface area contributed by atoms with Crippen LogP contribution in [0.15, 0.2) is 34.1 Å². The van der Waals surface area contributed by atoms with E-state index in [4.69, 9.17) is 0 Å². The number of hydrogen-bond acceptors (Lipinski definition) is 3. The van der Waals surface area contributed by atoms with Crippen molar-refractivity contribution in [3.05, 3.63) is 52.3 Å². The van der Waals surface area contributed by atoms with Gasteiger partial charge in [-0.25, -0.2) is 0 Å². The van der Waals surface area contributed by atoms with Gasteiger partial charge in [0.15, 0.2) is 0 Å². The molecule has 0 atom stereocenters. The van der Waals surface area contributed by atoms with Crippen LogP contribution in [0.3, 0.4) is 0 Å². The molecule has 3 rings (SSSR count). The van der Waals surface area contributed by atoms with Crippen molar-refractivity contribution in [1.82, 2.24) is 4.98 Å². The number of nitrogens with zero attached hydrogens (tertiary/aromatic N) is 2. The number of benzene rings is 1. The van der Waals surface area contributed by atoms with Gasteiger partial charge in [0.1, 0.15) is 6.07 Å². The molecule has 1 heterocycles. The Morgan fingerprint density at radius 1 is 1.15 bits per heavy atom. The fourth-order valence-electron chi connectivity index (χ4n) is 2.75. The highest BCUT2D eigenvalue weighted by molar-refractivity contribution is 7.99. The summed E-state index contributed by atoms with van der Waals surface area (Å²) in [5.74, 6) is 0. The molecule has 2 nitrogen and oxygen atoms in total. The lowest BCUT2D eigenvalue weighted by Crippen LogP contribution is -1.94. The summed E-state index contributed by atoms with van der Waals surface area (Å²) in [6, 6.07) is 11.0. The lowest BCUT2D eigenvalue weighted by molar-refractivity contribution is 0.911. The largest absolute Gasteiger partial charge is 0.257 e. The Bertz CT molecular complexity index is 714. The zero-order chi connectivity index (χ0) is 14.1. The van der Waals surface area contributed by atoms with E-state index in [0.29, 0.717) is 5.56 Å². The summed E-state index contributed by atoms with van der Waals surface area (Å²) in [6.45, 7) is 3.87. The average molecular weight is 280 g/mol. The molecule has 0 amide bonds. The zero-order valence-corrected chi connectivity index (χ0v) is 12.5. The van der Waals surface area contributed by atoms with Crippen molar-refractivity contribution in [3.63, 3.8) is 0 Å².